The summed E-state index contributed by atoms with van der Waals surface area (Å²) in [6.07, 6.45) is 3.41. The van der Waals surface area contributed by atoms with E-state index >= 15 is 0 Å². The second-order valence-corrected chi connectivity index (χ2v) is 6.10. The van der Waals surface area contributed by atoms with Crippen LogP contribution in [0, 0.1) is 6.92 Å². The third-order valence-electron chi connectivity index (χ3n) is 3.75. The van der Waals surface area contributed by atoms with Gasteiger partial charge in [0.25, 0.3) is 0 Å². The van der Waals surface area contributed by atoms with Crippen LogP contribution in [0.3, 0.4) is 0 Å². The highest BCUT2D eigenvalue weighted by molar-refractivity contribution is 7.12. The highest BCUT2D eigenvalue weighted by Gasteiger charge is 2.48. The van der Waals surface area contributed by atoms with Gasteiger partial charge in [-0.1, -0.05) is 30.3 Å². The number of aryl methyl sites for hydroxylation is 1. The second kappa shape index (κ2) is 4.48. The van der Waals surface area contributed by atoms with Gasteiger partial charge in [-0.2, -0.15) is 0 Å². The summed E-state index contributed by atoms with van der Waals surface area (Å²) < 4.78 is 0. The highest BCUT2D eigenvalue weighted by Crippen LogP contribution is 2.54. The van der Waals surface area contributed by atoms with Crippen LogP contribution in [-0.2, 0) is 11.8 Å². The van der Waals surface area contributed by atoms with Crippen LogP contribution in [0.4, 0.5) is 0 Å². The van der Waals surface area contributed by atoms with E-state index in [2.05, 4.69) is 37.3 Å². The minimum Gasteiger partial charge on any atom is -0.330 e. The van der Waals surface area contributed by atoms with Crippen molar-refractivity contribution < 1.29 is 0 Å². The molecule has 1 heterocycles. The van der Waals surface area contributed by atoms with Gasteiger partial charge in [0.05, 0.1) is 5.69 Å². The molecule has 1 aromatic carbocycles. The number of nitrogens with zero attached hydrogens (tertiary/aromatic N) is 1. The Hall–Kier alpha value is -1.19. The van der Waals surface area contributed by atoms with Gasteiger partial charge >= 0.3 is 0 Å². The number of aromatic nitrogens is 1. The molecular formula is C15H18N2S. The summed E-state index contributed by atoms with van der Waals surface area (Å²) in [6, 6.07) is 10.8. The van der Waals surface area contributed by atoms with E-state index in [1.165, 1.54) is 34.0 Å². The molecule has 0 aliphatic heterocycles. The molecule has 1 saturated carbocycles. The molecule has 1 fully saturated rings. The zero-order valence-electron chi connectivity index (χ0n) is 10.6. The van der Waals surface area contributed by atoms with Crippen LogP contribution in [-0.4, -0.2) is 11.5 Å². The molecule has 2 nitrogen and oxygen atoms in total. The molecule has 0 amide bonds. The lowest BCUT2D eigenvalue weighted by atomic mass is 9.97. The van der Waals surface area contributed by atoms with Gasteiger partial charge in [0.2, 0.25) is 0 Å². The molecule has 0 spiro atoms. The van der Waals surface area contributed by atoms with Crippen molar-refractivity contribution in [2.45, 2.75) is 31.6 Å². The zero-order valence-corrected chi connectivity index (χ0v) is 11.5. The van der Waals surface area contributed by atoms with Crippen molar-refractivity contribution >= 4 is 11.3 Å². The summed E-state index contributed by atoms with van der Waals surface area (Å²) in [7, 11) is 0. The first kappa shape index (κ1) is 11.9. The fourth-order valence-corrected chi connectivity index (χ4v) is 3.85. The SMILES string of the molecule is Cc1nc(C2(c3ccccc3)CC2)sc1CCN. The normalized spacial score (nSPS) is 16.8. The zero-order chi connectivity index (χ0) is 12.6. The highest BCUT2D eigenvalue weighted by atomic mass is 32.1. The Morgan fingerprint density at radius 1 is 1.28 bits per heavy atom. The van der Waals surface area contributed by atoms with Gasteiger partial charge in [-0.15, -0.1) is 11.3 Å². The Kier molecular flexibility index (Phi) is 2.96. The summed E-state index contributed by atoms with van der Waals surface area (Å²) in [5, 5.41) is 1.29. The monoisotopic (exact) mass is 258 g/mol. The summed E-state index contributed by atoms with van der Waals surface area (Å²) in [5.74, 6) is 0. The first-order valence-corrected chi connectivity index (χ1v) is 7.30. The van der Waals surface area contributed by atoms with E-state index in [0.29, 0.717) is 6.54 Å². The van der Waals surface area contributed by atoms with Crippen molar-refractivity contribution in [3.8, 4) is 0 Å². The van der Waals surface area contributed by atoms with E-state index in [-0.39, 0.29) is 5.41 Å². The minimum absolute atomic E-state index is 0.212. The minimum atomic E-state index is 0.212. The number of rotatable bonds is 4. The van der Waals surface area contributed by atoms with Crippen LogP contribution < -0.4 is 5.73 Å². The Morgan fingerprint density at radius 3 is 2.61 bits per heavy atom. The number of hydrogen-bond acceptors (Lipinski definition) is 3. The lowest BCUT2D eigenvalue weighted by molar-refractivity contribution is 0.827. The van der Waals surface area contributed by atoms with Crippen LogP contribution in [0.5, 0.6) is 0 Å². The van der Waals surface area contributed by atoms with Gasteiger partial charge in [0.15, 0.2) is 0 Å². The van der Waals surface area contributed by atoms with Crippen molar-refractivity contribution in [1.82, 2.24) is 4.98 Å². The first-order valence-electron chi connectivity index (χ1n) is 6.49. The molecule has 94 valence electrons. The maximum Gasteiger partial charge on any atom is 0.104 e. The lowest BCUT2D eigenvalue weighted by Crippen LogP contribution is -2.07. The van der Waals surface area contributed by atoms with Crippen molar-refractivity contribution in [1.29, 1.82) is 0 Å². The average Bonchev–Trinajstić information content (AvgIpc) is 3.13. The summed E-state index contributed by atoms with van der Waals surface area (Å²) >= 11 is 1.86. The van der Waals surface area contributed by atoms with Crippen LogP contribution in [0.1, 0.15) is 34.0 Å². The summed E-state index contributed by atoms with van der Waals surface area (Å²) in [6.45, 7) is 2.81. The van der Waals surface area contributed by atoms with Crippen molar-refractivity contribution in [3.63, 3.8) is 0 Å². The van der Waals surface area contributed by atoms with Crippen LogP contribution in [0.25, 0.3) is 0 Å². The van der Waals surface area contributed by atoms with Crippen LogP contribution in [0.15, 0.2) is 30.3 Å². The van der Waals surface area contributed by atoms with E-state index in [0.717, 1.165) is 6.42 Å². The molecule has 1 aromatic heterocycles. The quantitative estimate of drug-likeness (QED) is 0.915. The summed E-state index contributed by atoms with van der Waals surface area (Å²) in [4.78, 5) is 6.16. The van der Waals surface area contributed by atoms with Gasteiger partial charge in [0, 0.05) is 10.3 Å². The molecule has 1 aliphatic carbocycles. The van der Waals surface area contributed by atoms with Gasteiger partial charge in [-0.05, 0) is 38.3 Å². The molecule has 18 heavy (non-hydrogen) atoms. The third-order valence-corrected chi connectivity index (χ3v) is 5.17. The standard InChI is InChI=1S/C15H18N2S/c1-11-13(7-10-16)18-14(17-11)15(8-9-15)12-5-3-2-4-6-12/h2-6H,7-10,16H2,1H3. The topological polar surface area (TPSA) is 38.9 Å². The average molecular weight is 258 g/mol. The first-order chi connectivity index (χ1) is 8.76. The Balaban J connectivity index is 1.98. The van der Waals surface area contributed by atoms with Crippen molar-refractivity contribution in [2.24, 2.45) is 5.73 Å². The van der Waals surface area contributed by atoms with Gasteiger partial charge < -0.3 is 5.73 Å². The number of nitrogens with two attached hydrogens (primary N) is 1. The van der Waals surface area contributed by atoms with E-state index in [1.54, 1.807) is 0 Å². The fourth-order valence-electron chi connectivity index (χ4n) is 2.50. The maximum atomic E-state index is 5.65. The predicted molar refractivity (Wildman–Crippen MR) is 76.1 cm³/mol. The fraction of sp³-hybridized carbons (Fsp3) is 0.400. The Bertz CT molecular complexity index is 541. The van der Waals surface area contributed by atoms with Gasteiger partial charge in [-0.3, -0.25) is 0 Å². The van der Waals surface area contributed by atoms with E-state index in [9.17, 15) is 0 Å². The Labute approximate surface area is 112 Å². The molecule has 1 aliphatic rings. The maximum absolute atomic E-state index is 5.65. The Morgan fingerprint density at radius 2 is 2.00 bits per heavy atom. The van der Waals surface area contributed by atoms with Crippen molar-refractivity contribution in [3.05, 3.63) is 51.5 Å². The number of benzene rings is 1. The molecule has 3 rings (SSSR count). The molecular weight excluding hydrogens is 240 g/mol. The molecule has 0 saturated heterocycles. The van der Waals surface area contributed by atoms with Crippen molar-refractivity contribution in [2.75, 3.05) is 6.54 Å². The van der Waals surface area contributed by atoms with Crippen LogP contribution >= 0.6 is 11.3 Å². The molecule has 0 radical (unpaired) electrons. The molecule has 2 aromatic rings. The summed E-state index contributed by atoms with van der Waals surface area (Å²) in [5.41, 5.74) is 8.45. The third kappa shape index (κ3) is 1.88. The second-order valence-electron chi connectivity index (χ2n) is 5.01. The van der Waals surface area contributed by atoms with Crippen LogP contribution in [0.2, 0.25) is 0 Å². The van der Waals surface area contributed by atoms with E-state index < -0.39 is 0 Å². The predicted octanol–water partition coefficient (Wildman–Crippen LogP) is 3.03. The smallest absolute Gasteiger partial charge is 0.104 e. The molecule has 3 heteroatoms. The molecule has 0 atom stereocenters. The largest absolute Gasteiger partial charge is 0.330 e. The molecule has 0 bridgehead atoms. The lowest BCUT2D eigenvalue weighted by Gasteiger charge is -2.12. The van der Waals surface area contributed by atoms with E-state index in [4.69, 9.17) is 10.7 Å². The molecule has 2 N–H and O–H groups in total. The van der Waals surface area contributed by atoms with E-state index in [1.807, 2.05) is 11.3 Å². The number of hydrogen-bond donors (Lipinski definition) is 1. The number of thiazole rings is 1. The van der Waals surface area contributed by atoms with Gasteiger partial charge in [0.1, 0.15) is 5.01 Å². The molecule has 0 unspecified atom stereocenters. The van der Waals surface area contributed by atoms with Gasteiger partial charge in [-0.25, -0.2) is 4.98 Å².